The van der Waals surface area contributed by atoms with Gasteiger partial charge in [0.05, 0.1) is 6.04 Å². The molecule has 0 N–H and O–H groups in total. The summed E-state index contributed by atoms with van der Waals surface area (Å²) >= 11 is 0. The van der Waals surface area contributed by atoms with Crippen LogP contribution in [0.3, 0.4) is 0 Å². The zero-order valence-corrected chi connectivity index (χ0v) is 14.4. The molecule has 1 aromatic heterocycles. The van der Waals surface area contributed by atoms with Crippen molar-refractivity contribution in [1.82, 2.24) is 14.8 Å². The second kappa shape index (κ2) is 7.06. The van der Waals surface area contributed by atoms with Crippen LogP contribution in [0.15, 0.2) is 48.7 Å². The van der Waals surface area contributed by atoms with Gasteiger partial charge in [-0.1, -0.05) is 12.1 Å². The molecule has 3 amide bonds. The summed E-state index contributed by atoms with van der Waals surface area (Å²) in [6.07, 6.45) is 1.53. The molecule has 0 spiro atoms. The number of hydrogen-bond donors (Lipinski definition) is 0. The third kappa shape index (κ3) is 3.46. The average Bonchev–Trinajstić information content (AvgIpc) is 3.28. The Morgan fingerprint density at radius 2 is 2.07 bits per heavy atom. The lowest BCUT2D eigenvalue weighted by atomic mass is 10.2. The summed E-state index contributed by atoms with van der Waals surface area (Å²) in [6.45, 7) is 0.535. The number of cyclic esters (lactones) is 1. The predicted molar refractivity (Wildman–Crippen MR) is 93.3 cm³/mol. The van der Waals surface area contributed by atoms with E-state index >= 15 is 0 Å². The summed E-state index contributed by atoms with van der Waals surface area (Å²) in [6, 6.07) is 11.8. The number of rotatable bonds is 4. The zero-order chi connectivity index (χ0) is 18.8. The lowest BCUT2D eigenvalue weighted by Gasteiger charge is -2.20. The van der Waals surface area contributed by atoms with Crippen LogP contribution in [0.5, 0.6) is 11.6 Å². The van der Waals surface area contributed by atoms with Crippen molar-refractivity contribution in [3.05, 3.63) is 54.2 Å². The Hall–Kier alpha value is -3.42. The van der Waals surface area contributed by atoms with Gasteiger partial charge in [-0.2, -0.15) is 0 Å². The van der Waals surface area contributed by atoms with Crippen LogP contribution in [0.2, 0.25) is 0 Å². The molecule has 0 saturated carbocycles. The Labute approximate surface area is 155 Å². The van der Waals surface area contributed by atoms with E-state index in [2.05, 4.69) is 4.98 Å². The molecule has 2 fully saturated rings. The van der Waals surface area contributed by atoms with Crippen LogP contribution in [0.1, 0.15) is 16.8 Å². The third-order valence-electron chi connectivity index (χ3n) is 4.54. The highest BCUT2D eigenvalue weighted by Gasteiger charge is 2.41. The first-order valence-electron chi connectivity index (χ1n) is 8.59. The first kappa shape index (κ1) is 17.0. The number of pyridine rings is 1. The van der Waals surface area contributed by atoms with Crippen LogP contribution in [0, 0.1) is 0 Å². The molecule has 8 heteroatoms. The van der Waals surface area contributed by atoms with Gasteiger partial charge in [-0.15, -0.1) is 0 Å². The smallest absolute Gasteiger partial charge is 0.417 e. The van der Waals surface area contributed by atoms with Crippen molar-refractivity contribution in [1.29, 1.82) is 0 Å². The molecule has 1 atom stereocenters. The number of aromatic nitrogens is 1. The molecular weight excluding hydrogens is 350 g/mol. The number of likely N-dealkylation sites (tertiary alicyclic amines) is 1. The molecule has 27 heavy (non-hydrogen) atoms. The molecule has 0 bridgehead atoms. The molecule has 1 aromatic carbocycles. The summed E-state index contributed by atoms with van der Waals surface area (Å²) in [5.74, 6) is 0.414. The number of imide groups is 1. The summed E-state index contributed by atoms with van der Waals surface area (Å²) in [4.78, 5) is 43.1. The van der Waals surface area contributed by atoms with Gasteiger partial charge in [0.15, 0.2) is 6.61 Å². The van der Waals surface area contributed by atoms with Crippen molar-refractivity contribution < 1.29 is 23.9 Å². The van der Waals surface area contributed by atoms with E-state index in [4.69, 9.17) is 9.47 Å². The summed E-state index contributed by atoms with van der Waals surface area (Å²) < 4.78 is 10.4. The molecule has 0 unspecified atom stereocenters. The number of nitrogens with zero attached hydrogens (tertiary/aromatic N) is 3. The molecular formula is C19H17N3O5. The van der Waals surface area contributed by atoms with Gasteiger partial charge in [-0.25, -0.2) is 14.7 Å². The fraction of sp³-hybridized carbons (Fsp3) is 0.263. The highest BCUT2D eigenvalue weighted by atomic mass is 16.6. The Morgan fingerprint density at radius 1 is 1.19 bits per heavy atom. The van der Waals surface area contributed by atoms with Crippen LogP contribution in [-0.4, -0.2) is 58.4 Å². The maximum absolute atomic E-state index is 12.8. The number of amides is 3. The molecule has 2 saturated heterocycles. The largest absolute Gasteiger partial charge is 0.439 e. The predicted octanol–water partition coefficient (Wildman–Crippen LogP) is 2.07. The summed E-state index contributed by atoms with van der Waals surface area (Å²) in [5, 5.41) is 0. The molecule has 8 nitrogen and oxygen atoms in total. The maximum Gasteiger partial charge on any atom is 0.417 e. The van der Waals surface area contributed by atoms with Crippen LogP contribution >= 0.6 is 0 Å². The van der Waals surface area contributed by atoms with E-state index < -0.39 is 6.09 Å². The van der Waals surface area contributed by atoms with Gasteiger partial charge >= 0.3 is 6.09 Å². The lowest BCUT2D eigenvalue weighted by molar-refractivity contribution is -0.127. The maximum atomic E-state index is 12.8. The molecule has 4 rings (SSSR count). The van der Waals surface area contributed by atoms with Crippen molar-refractivity contribution in [2.75, 3.05) is 19.7 Å². The van der Waals surface area contributed by atoms with Gasteiger partial charge in [0.1, 0.15) is 5.75 Å². The summed E-state index contributed by atoms with van der Waals surface area (Å²) in [5.41, 5.74) is 0.472. The number of carbonyl (C=O) groups is 3. The Morgan fingerprint density at radius 3 is 2.81 bits per heavy atom. The molecule has 0 aliphatic carbocycles. The average molecular weight is 367 g/mol. The van der Waals surface area contributed by atoms with Crippen molar-refractivity contribution >= 4 is 17.9 Å². The van der Waals surface area contributed by atoms with Crippen molar-refractivity contribution in [2.24, 2.45) is 0 Å². The summed E-state index contributed by atoms with van der Waals surface area (Å²) in [7, 11) is 0. The first-order chi connectivity index (χ1) is 13.1. The molecule has 2 aliphatic heterocycles. The molecule has 2 aliphatic rings. The highest BCUT2D eigenvalue weighted by molar-refractivity contribution is 5.99. The standard InChI is InChI=1S/C19H17N3O5/c23-17-12-26-19(25)22(17)14-7-9-21(11-14)18(24)13-4-3-5-15(10-13)27-16-6-1-2-8-20-16/h1-6,8,10,14H,7,9,11-12H2/t14-/m1/s1. The fourth-order valence-corrected chi connectivity index (χ4v) is 3.26. The zero-order valence-electron chi connectivity index (χ0n) is 14.4. The monoisotopic (exact) mass is 367 g/mol. The van der Waals surface area contributed by atoms with Crippen molar-refractivity contribution in [2.45, 2.75) is 12.5 Å². The Kier molecular flexibility index (Phi) is 4.45. The van der Waals surface area contributed by atoms with E-state index in [9.17, 15) is 14.4 Å². The highest BCUT2D eigenvalue weighted by Crippen LogP contribution is 2.24. The van der Waals surface area contributed by atoms with Crippen molar-refractivity contribution in [3.63, 3.8) is 0 Å². The van der Waals surface area contributed by atoms with Crippen LogP contribution in [0.25, 0.3) is 0 Å². The molecule has 2 aromatic rings. The van der Waals surface area contributed by atoms with E-state index in [-0.39, 0.29) is 24.5 Å². The van der Waals surface area contributed by atoms with Crippen molar-refractivity contribution in [3.8, 4) is 11.6 Å². The number of carbonyl (C=O) groups excluding carboxylic acids is 3. The topological polar surface area (TPSA) is 89.0 Å². The van der Waals surface area contributed by atoms with E-state index in [1.807, 2.05) is 6.07 Å². The minimum absolute atomic E-state index is 0.177. The van der Waals surface area contributed by atoms with Gasteiger partial charge in [-0.05, 0) is 30.7 Å². The van der Waals surface area contributed by atoms with Gasteiger partial charge < -0.3 is 14.4 Å². The number of benzene rings is 1. The van der Waals surface area contributed by atoms with Crippen LogP contribution < -0.4 is 4.74 Å². The SMILES string of the molecule is O=C(c1cccc(Oc2ccccn2)c1)N1CC[C@@H](N2C(=O)COC2=O)C1. The molecule has 3 heterocycles. The minimum Gasteiger partial charge on any atom is -0.439 e. The molecule has 0 radical (unpaired) electrons. The van der Waals surface area contributed by atoms with E-state index in [1.54, 1.807) is 47.5 Å². The van der Waals surface area contributed by atoms with Crippen LogP contribution in [-0.2, 0) is 9.53 Å². The fourth-order valence-electron chi connectivity index (χ4n) is 3.26. The number of hydrogen-bond acceptors (Lipinski definition) is 6. The van der Waals surface area contributed by atoms with Gasteiger partial charge in [0.25, 0.3) is 11.8 Å². The second-order valence-corrected chi connectivity index (χ2v) is 6.31. The second-order valence-electron chi connectivity index (χ2n) is 6.31. The lowest BCUT2D eigenvalue weighted by Crippen LogP contribution is -2.42. The van der Waals surface area contributed by atoms with E-state index in [0.717, 1.165) is 4.90 Å². The third-order valence-corrected chi connectivity index (χ3v) is 4.54. The quantitative estimate of drug-likeness (QED) is 0.822. The van der Waals surface area contributed by atoms with E-state index in [1.165, 1.54) is 0 Å². The normalized spacial score (nSPS) is 19.3. The molecule has 138 valence electrons. The van der Waals surface area contributed by atoms with Gasteiger partial charge in [-0.3, -0.25) is 9.59 Å². The van der Waals surface area contributed by atoms with Gasteiger partial charge in [0, 0.05) is 30.9 Å². The van der Waals surface area contributed by atoms with E-state index in [0.29, 0.717) is 36.7 Å². The Bertz CT molecular complexity index is 870. The Balaban J connectivity index is 1.45. The van der Waals surface area contributed by atoms with Crippen LogP contribution in [0.4, 0.5) is 4.79 Å². The number of ether oxygens (including phenoxy) is 2. The first-order valence-corrected chi connectivity index (χ1v) is 8.59. The van der Waals surface area contributed by atoms with Gasteiger partial charge in [0.2, 0.25) is 5.88 Å². The minimum atomic E-state index is -0.634.